The van der Waals surface area contributed by atoms with E-state index in [-0.39, 0.29) is 18.4 Å². The summed E-state index contributed by atoms with van der Waals surface area (Å²) in [5.74, 6) is -0.221. The first-order chi connectivity index (χ1) is 11.6. The molecular weight excluding hydrogens is 324 g/mol. The van der Waals surface area contributed by atoms with Crippen molar-refractivity contribution in [1.82, 2.24) is 5.32 Å². The minimum Gasteiger partial charge on any atom is -0.347 e. The van der Waals surface area contributed by atoms with Crippen molar-refractivity contribution < 1.29 is 9.59 Å². The Hall–Kier alpha value is -2.33. The molecule has 0 saturated carbocycles. The number of amides is 2. The van der Waals surface area contributed by atoms with Crippen LogP contribution in [0.3, 0.4) is 0 Å². The number of carbonyl (C=O) groups is 2. The first-order valence-corrected chi connectivity index (χ1v) is 8.41. The van der Waals surface area contributed by atoms with Crippen LogP contribution in [0.15, 0.2) is 48.5 Å². The number of hydrogen-bond donors (Lipinski definition) is 1. The predicted octanol–water partition coefficient (Wildman–Crippen LogP) is 2.98. The summed E-state index contributed by atoms with van der Waals surface area (Å²) in [6.45, 7) is 0.698. The second-order valence-electron chi connectivity index (χ2n) is 5.79. The molecule has 0 unspecified atom stereocenters. The third-order valence-corrected chi connectivity index (χ3v) is 4.57. The van der Waals surface area contributed by atoms with Crippen LogP contribution < -0.4 is 10.2 Å². The second kappa shape index (κ2) is 7.49. The number of hydrogen-bond acceptors (Lipinski definition) is 2. The van der Waals surface area contributed by atoms with Crippen molar-refractivity contribution in [2.75, 3.05) is 18.0 Å². The van der Waals surface area contributed by atoms with E-state index in [0.29, 0.717) is 24.4 Å². The summed E-state index contributed by atoms with van der Waals surface area (Å²) in [7, 11) is 0. The molecule has 1 aliphatic heterocycles. The fourth-order valence-corrected chi connectivity index (χ4v) is 3.13. The van der Waals surface area contributed by atoms with Gasteiger partial charge in [-0.05, 0) is 36.1 Å². The number of nitrogens with one attached hydrogen (secondary N) is 1. The monoisotopic (exact) mass is 342 g/mol. The molecule has 0 spiro atoms. The number of para-hydroxylation sites is 1. The van der Waals surface area contributed by atoms with Crippen molar-refractivity contribution in [2.45, 2.75) is 19.3 Å². The molecule has 0 atom stereocenters. The van der Waals surface area contributed by atoms with Crippen molar-refractivity contribution in [3.8, 4) is 0 Å². The molecule has 0 aliphatic carbocycles. The van der Waals surface area contributed by atoms with Crippen LogP contribution in [0, 0.1) is 0 Å². The smallest absolute Gasteiger partial charge is 0.246 e. The molecule has 3 rings (SSSR count). The highest BCUT2D eigenvalue weighted by Gasteiger charge is 2.24. The van der Waals surface area contributed by atoms with Gasteiger partial charge in [-0.2, -0.15) is 0 Å². The largest absolute Gasteiger partial charge is 0.347 e. The van der Waals surface area contributed by atoms with Gasteiger partial charge in [0, 0.05) is 23.7 Å². The number of carbonyl (C=O) groups excluding carboxylic acids is 2. The van der Waals surface area contributed by atoms with Gasteiger partial charge in [0.15, 0.2) is 0 Å². The number of fused-ring (bicyclic) bond motifs is 1. The predicted molar refractivity (Wildman–Crippen MR) is 95.3 cm³/mol. The number of rotatable bonds is 5. The highest BCUT2D eigenvalue weighted by atomic mass is 35.5. The van der Waals surface area contributed by atoms with E-state index >= 15 is 0 Å². The molecule has 0 radical (unpaired) electrons. The van der Waals surface area contributed by atoms with Crippen molar-refractivity contribution in [3.05, 3.63) is 64.7 Å². The van der Waals surface area contributed by atoms with Gasteiger partial charge in [0.2, 0.25) is 11.8 Å². The molecule has 5 heteroatoms. The lowest BCUT2D eigenvalue weighted by molar-refractivity contribution is -0.124. The maximum absolute atomic E-state index is 12.3. The van der Waals surface area contributed by atoms with Gasteiger partial charge < -0.3 is 10.2 Å². The zero-order valence-corrected chi connectivity index (χ0v) is 14.1. The van der Waals surface area contributed by atoms with E-state index in [1.165, 1.54) is 5.56 Å². The molecule has 0 saturated heterocycles. The van der Waals surface area contributed by atoms with Gasteiger partial charge >= 0.3 is 0 Å². The molecule has 24 heavy (non-hydrogen) atoms. The summed E-state index contributed by atoms with van der Waals surface area (Å²) < 4.78 is 0. The highest BCUT2D eigenvalue weighted by molar-refractivity contribution is 6.31. The Morgan fingerprint density at radius 2 is 1.83 bits per heavy atom. The Labute approximate surface area is 146 Å². The normalized spacial score (nSPS) is 12.8. The van der Waals surface area contributed by atoms with Gasteiger partial charge in [0.05, 0.1) is 6.54 Å². The lowest BCUT2D eigenvalue weighted by Gasteiger charge is -2.17. The fraction of sp³-hybridized carbons (Fsp3) is 0.263. The third kappa shape index (κ3) is 3.77. The van der Waals surface area contributed by atoms with Gasteiger partial charge in [0.25, 0.3) is 0 Å². The summed E-state index contributed by atoms with van der Waals surface area (Å²) in [4.78, 5) is 26.0. The molecule has 2 amide bonds. The molecule has 2 aromatic carbocycles. The summed E-state index contributed by atoms with van der Waals surface area (Å²) >= 11 is 6.08. The first-order valence-electron chi connectivity index (χ1n) is 8.03. The standard InChI is InChI=1S/C19H19ClN2O2/c20-16-7-3-1-5-14(16)9-10-18(23)21-13-19(24)22-12-11-15-6-2-4-8-17(15)22/h1-8H,9-13H2,(H,21,23). The Bertz CT molecular complexity index is 761. The molecule has 1 heterocycles. The number of benzene rings is 2. The third-order valence-electron chi connectivity index (χ3n) is 4.20. The molecule has 124 valence electrons. The van der Waals surface area contributed by atoms with Crippen LogP contribution in [0.4, 0.5) is 5.69 Å². The van der Waals surface area contributed by atoms with Gasteiger partial charge in [-0.3, -0.25) is 9.59 Å². The zero-order valence-electron chi connectivity index (χ0n) is 13.3. The van der Waals surface area contributed by atoms with E-state index in [1.54, 1.807) is 4.90 Å². The molecule has 4 nitrogen and oxygen atoms in total. The molecule has 1 aliphatic rings. The average Bonchev–Trinajstić information content (AvgIpc) is 3.03. The maximum Gasteiger partial charge on any atom is 0.246 e. The Kier molecular flexibility index (Phi) is 5.16. The fourth-order valence-electron chi connectivity index (χ4n) is 2.90. The minimum absolute atomic E-state index is 0.0235. The Morgan fingerprint density at radius 1 is 1.08 bits per heavy atom. The van der Waals surface area contributed by atoms with E-state index < -0.39 is 0 Å². The van der Waals surface area contributed by atoms with Crippen LogP contribution in [-0.2, 0) is 22.4 Å². The summed E-state index contributed by atoms with van der Waals surface area (Å²) in [5, 5.41) is 3.37. The number of nitrogens with zero attached hydrogens (tertiary/aromatic N) is 1. The molecule has 1 N–H and O–H groups in total. The summed E-state index contributed by atoms with van der Waals surface area (Å²) in [6, 6.07) is 15.3. The summed E-state index contributed by atoms with van der Waals surface area (Å²) in [6.07, 6.45) is 1.74. The maximum atomic E-state index is 12.3. The average molecular weight is 343 g/mol. The van der Waals surface area contributed by atoms with Crippen LogP contribution in [0.2, 0.25) is 5.02 Å². The van der Waals surface area contributed by atoms with E-state index in [1.807, 2.05) is 48.5 Å². The highest BCUT2D eigenvalue weighted by Crippen LogP contribution is 2.27. The molecule has 0 fully saturated rings. The van der Waals surface area contributed by atoms with Crippen LogP contribution in [0.5, 0.6) is 0 Å². The lowest BCUT2D eigenvalue weighted by Crippen LogP contribution is -2.39. The van der Waals surface area contributed by atoms with Crippen molar-refractivity contribution in [1.29, 1.82) is 0 Å². The van der Waals surface area contributed by atoms with Crippen LogP contribution in [0.1, 0.15) is 17.5 Å². The molecule has 0 bridgehead atoms. The number of anilines is 1. The van der Waals surface area contributed by atoms with E-state index in [2.05, 4.69) is 5.32 Å². The van der Waals surface area contributed by atoms with E-state index in [4.69, 9.17) is 11.6 Å². The lowest BCUT2D eigenvalue weighted by atomic mass is 10.1. The topological polar surface area (TPSA) is 49.4 Å². The SMILES string of the molecule is O=C(CCc1ccccc1Cl)NCC(=O)N1CCc2ccccc21. The summed E-state index contributed by atoms with van der Waals surface area (Å²) in [5.41, 5.74) is 3.07. The van der Waals surface area contributed by atoms with E-state index in [9.17, 15) is 9.59 Å². The van der Waals surface area contributed by atoms with Crippen LogP contribution in [-0.4, -0.2) is 24.9 Å². The zero-order chi connectivity index (χ0) is 16.9. The minimum atomic E-state index is -0.143. The molecule has 0 aromatic heterocycles. The number of halogens is 1. The van der Waals surface area contributed by atoms with Gasteiger partial charge in [-0.25, -0.2) is 0 Å². The molecule has 2 aromatic rings. The van der Waals surface area contributed by atoms with Crippen molar-refractivity contribution in [3.63, 3.8) is 0 Å². The van der Waals surface area contributed by atoms with Crippen molar-refractivity contribution >= 4 is 29.1 Å². The van der Waals surface area contributed by atoms with Crippen LogP contribution in [0.25, 0.3) is 0 Å². The molecular formula is C19H19ClN2O2. The first kappa shape index (κ1) is 16.5. The van der Waals surface area contributed by atoms with E-state index in [0.717, 1.165) is 17.7 Å². The quantitative estimate of drug-likeness (QED) is 0.908. The Morgan fingerprint density at radius 3 is 2.67 bits per heavy atom. The van der Waals surface area contributed by atoms with Gasteiger partial charge in [-0.1, -0.05) is 48.0 Å². The second-order valence-corrected chi connectivity index (χ2v) is 6.20. The van der Waals surface area contributed by atoms with Gasteiger partial charge in [-0.15, -0.1) is 0 Å². The number of aryl methyl sites for hydroxylation is 1. The van der Waals surface area contributed by atoms with Gasteiger partial charge in [0.1, 0.15) is 0 Å². The Balaban J connectivity index is 1.48. The van der Waals surface area contributed by atoms with Crippen LogP contribution >= 0.6 is 11.6 Å². The van der Waals surface area contributed by atoms with Crippen molar-refractivity contribution in [2.24, 2.45) is 0 Å².